The number of hydrogen-bond donors (Lipinski definition) is 0. The number of ketones is 1. The molecule has 0 aromatic heterocycles. The van der Waals surface area contributed by atoms with Crippen molar-refractivity contribution in [2.24, 2.45) is 11.8 Å². The minimum Gasteiger partial charge on any atom is -0.299 e. The van der Waals surface area contributed by atoms with Crippen molar-refractivity contribution in [3.8, 4) is 0 Å². The number of carbonyl (C=O) groups excluding carboxylic acids is 1. The van der Waals surface area contributed by atoms with Crippen LogP contribution < -0.4 is 0 Å². The van der Waals surface area contributed by atoms with Crippen LogP contribution >= 0.6 is 0 Å². The predicted octanol–water partition coefficient (Wildman–Crippen LogP) is 4.75. The first kappa shape index (κ1) is 13.5. The van der Waals surface area contributed by atoms with E-state index in [0.29, 0.717) is 24.0 Å². The average molecular weight is 302 g/mol. The Hall–Kier alpha value is -1.89. The summed E-state index contributed by atoms with van der Waals surface area (Å²) in [5.41, 5.74) is 4.26. The van der Waals surface area contributed by atoms with Crippen molar-refractivity contribution in [2.45, 2.75) is 44.4 Å². The van der Waals surface area contributed by atoms with Crippen molar-refractivity contribution in [1.29, 1.82) is 0 Å². The van der Waals surface area contributed by atoms with E-state index in [9.17, 15) is 4.79 Å². The van der Waals surface area contributed by atoms with Crippen LogP contribution in [-0.2, 0) is 23.1 Å². The first-order chi connectivity index (χ1) is 11.2. The van der Waals surface area contributed by atoms with Crippen LogP contribution in [0.1, 0.15) is 42.9 Å². The van der Waals surface area contributed by atoms with E-state index >= 15 is 0 Å². The van der Waals surface area contributed by atoms with Gasteiger partial charge in [0, 0.05) is 18.3 Å². The number of fused-ring (bicyclic) bond motifs is 6. The summed E-state index contributed by atoms with van der Waals surface area (Å²) in [7, 11) is 0. The topological polar surface area (TPSA) is 17.1 Å². The third-order valence-corrected chi connectivity index (χ3v) is 6.48. The van der Waals surface area contributed by atoms with E-state index in [2.05, 4.69) is 49.4 Å². The van der Waals surface area contributed by atoms with Crippen LogP contribution in [0.2, 0.25) is 0 Å². The normalized spacial score (nSPS) is 31.3. The van der Waals surface area contributed by atoms with Crippen molar-refractivity contribution in [2.75, 3.05) is 0 Å². The predicted molar refractivity (Wildman–Crippen MR) is 93.7 cm³/mol. The SMILES string of the molecule is CCc1ccc2cc3c(cc2c1)C1(CC(=O)C3)CC2C=CC1C2. The molecule has 3 aliphatic rings. The van der Waals surface area contributed by atoms with E-state index in [-0.39, 0.29) is 5.41 Å². The monoisotopic (exact) mass is 302 g/mol. The first-order valence-electron chi connectivity index (χ1n) is 8.94. The highest BCUT2D eigenvalue weighted by atomic mass is 16.1. The number of hydrogen-bond acceptors (Lipinski definition) is 1. The van der Waals surface area contributed by atoms with Gasteiger partial charge in [-0.15, -0.1) is 0 Å². The van der Waals surface area contributed by atoms with Crippen LogP contribution in [-0.4, -0.2) is 5.78 Å². The highest BCUT2D eigenvalue weighted by Crippen LogP contribution is 2.57. The van der Waals surface area contributed by atoms with Crippen LogP contribution in [0.25, 0.3) is 10.8 Å². The fourth-order valence-corrected chi connectivity index (χ4v) is 5.41. The van der Waals surface area contributed by atoms with E-state index in [0.717, 1.165) is 12.8 Å². The Morgan fingerprint density at radius 3 is 2.78 bits per heavy atom. The van der Waals surface area contributed by atoms with Crippen LogP contribution in [0.5, 0.6) is 0 Å². The van der Waals surface area contributed by atoms with Gasteiger partial charge in [0.1, 0.15) is 5.78 Å². The lowest BCUT2D eigenvalue weighted by Crippen LogP contribution is -2.38. The number of benzene rings is 2. The summed E-state index contributed by atoms with van der Waals surface area (Å²) in [5.74, 6) is 1.70. The van der Waals surface area contributed by atoms with Gasteiger partial charge in [0.25, 0.3) is 0 Å². The number of carbonyl (C=O) groups is 1. The molecule has 1 nitrogen and oxygen atoms in total. The molecule has 2 aromatic rings. The summed E-state index contributed by atoms with van der Waals surface area (Å²) in [5, 5.41) is 2.63. The van der Waals surface area contributed by atoms with Crippen molar-refractivity contribution < 1.29 is 4.79 Å². The Labute approximate surface area is 137 Å². The van der Waals surface area contributed by atoms with Gasteiger partial charge in [0.2, 0.25) is 0 Å². The maximum Gasteiger partial charge on any atom is 0.138 e. The van der Waals surface area contributed by atoms with E-state index in [1.807, 2.05) is 0 Å². The second kappa shape index (κ2) is 4.56. The van der Waals surface area contributed by atoms with Crippen LogP contribution in [0.3, 0.4) is 0 Å². The van der Waals surface area contributed by atoms with Gasteiger partial charge in [-0.3, -0.25) is 4.79 Å². The van der Waals surface area contributed by atoms with Crippen molar-refractivity contribution in [1.82, 2.24) is 0 Å². The molecule has 0 amide bonds. The summed E-state index contributed by atoms with van der Waals surface area (Å²) in [6.07, 6.45) is 9.65. The molecule has 1 heteroatoms. The minimum atomic E-state index is 0.0977. The molecule has 0 aliphatic heterocycles. The summed E-state index contributed by atoms with van der Waals surface area (Å²) in [6, 6.07) is 11.5. The smallest absolute Gasteiger partial charge is 0.138 e. The Balaban J connectivity index is 1.75. The fourth-order valence-electron chi connectivity index (χ4n) is 5.41. The van der Waals surface area contributed by atoms with Gasteiger partial charge in [-0.1, -0.05) is 49.4 Å². The quantitative estimate of drug-likeness (QED) is 0.695. The van der Waals surface area contributed by atoms with Crippen molar-refractivity contribution in [3.63, 3.8) is 0 Å². The van der Waals surface area contributed by atoms with Gasteiger partial charge < -0.3 is 0 Å². The molecule has 3 atom stereocenters. The Morgan fingerprint density at radius 2 is 2.04 bits per heavy atom. The zero-order valence-corrected chi connectivity index (χ0v) is 13.6. The second-order valence-electron chi connectivity index (χ2n) is 7.78. The van der Waals surface area contributed by atoms with Gasteiger partial charge in [0.05, 0.1) is 0 Å². The maximum absolute atomic E-state index is 12.5. The second-order valence-corrected chi connectivity index (χ2v) is 7.78. The molecule has 1 spiro atoms. The van der Waals surface area contributed by atoms with Crippen LogP contribution in [0.15, 0.2) is 42.5 Å². The Morgan fingerprint density at radius 1 is 1.13 bits per heavy atom. The molecule has 23 heavy (non-hydrogen) atoms. The molecule has 1 saturated carbocycles. The zero-order valence-electron chi connectivity index (χ0n) is 13.6. The molecule has 5 rings (SSSR count). The van der Waals surface area contributed by atoms with E-state index < -0.39 is 0 Å². The highest BCUT2D eigenvalue weighted by Gasteiger charge is 2.52. The lowest BCUT2D eigenvalue weighted by molar-refractivity contribution is -0.120. The molecular formula is C22H22O. The van der Waals surface area contributed by atoms with Crippen LogP contribution in [0.4, 0.5) is 0 Å². The third kappa shape index (κ3) is 1.83. The summed E-state index contributed by atoms with van der Waals surface area (Å²) in [4.78, 5) is 12.5. The molecule has 2 aromatic carbocycles. The van der Waals surface area contributed by atoms with Crippen molar-refractivity contribution >= 4 is 16.6 Å². The number of Topliss-reactive ketones (excluding diaryl/α,β-unsaturated/α-hetero) is 1. The standard InChI is InChI=1S/C22H22O/c1-2-14-3-5-16-9-18-10-20(23)13-22(21(18)11-17(16)7-14)12-15-4-6-19(22)8-15/h3-7,9,11,15,19H,2,8,10,12-13H2,1H3. The van der Waals surface area contributed by atoms with Gasteiger partial charge in [-0.2, -0.15) is 0 Å². The molecule has 116 valence electrons. The van der Waals surface area contributed by atoms with Gasteiger partial charge in [-0.25, -0.2) is 0 Å². The molecule has 0 heterocycles. The molecule has 0 N–H and O–H groups in total. The molecule has 1 fully saturated rings. The molecule has 2 bridgehead atoms. The van der Waals surface area contributed by atoms with Gasteiger partial charge in [-0.05, 0) is 58.6 Å². The molecule has 3 unspecified atom stereocenters. The van der Waals surface area contributed by atoms with Crippen molar-refractivity contribution in [3.05, 3.63) is 59.2 Å². The van der Waals surface area contributed by atoms with E-state index in [1.54, 1.807) is 0 Å². The maximum atomic E-state index is 12.5. The number of allylic oxidation sites excluding steroid dienone is 2. The summed E-state index contributed by atoms with van der Waals surface area (Å²) >= 11 is 0. The number of aryl methyl sites for hydroxylation is 1. The van der Waals surface area contributed by atoms with E-state index in [4.69, 9.17) is 0 Å². The molecule has 0 radical (unpaired) electrons. The summed E-state index contributed by atoms with van der Waals surface area (Å²) in [6.45, 7) is 2.21. The Bertz CT molecular complexity index is 860. The average Bonchev–Trinajstić information content (AvgIpc) is 3.14. The molecule has 3 aliphatic carbocycles. The Kier molecular flexibility index (Phi) is 2.69. The van der Waals surface area contributed by atoms with Crippen LogP contribution in [0, 0.1) is 11.8 Å². The fraction of sp³-hybridized carbons (Fsp3) is 0.409. The van der Waals surface area contributed by atoms with E-state index in [1.165, 1.54) is 40.3 Å². The largest absolute Gasteiger partial charge is 0.299 e. The highest BCUT2D eigenvalue weighted by molar-refractivity contribution is 5.91. The minimum absolute atomic E-state index is 0.0977. The lowest BCUT2D eigenvalue weighted by Gasteiger charge is -2.40. The third-order valence-electron chi connectivity index (χ3n) is 6.48. The lowest BCUT2D eigenvalue weighted by atomic mass is 9.62. The first-order valence-corrected chi connectivity index (χ1v) is 8.94. The molecular weight excluding hydrogens is 280 g/mol. The van der Waals surface area contributed by atoms with Gasteiger partial charge >= 0.3 is 0 Å². The zero-order chi connectivity index (χ0) is 15.6. The van der Waals surface area contributed by atoms with Gasteiger partial charge in [0.15, 0.2) is 0 Å². The molecule has 0 saturated heterocycles. The number of rotatable bonds is 1. The summed E-state index contributed by atoms with van der Waals surface area (Å²) < 4.78 is 0.